The molecule has 0 spiro atoms. The van der Waals surface area contributed by atoms with E-state index in [9.17, 15) is 4.79 Å². The number of aryl methyl sites for hydroxylation is 1. The first-order chi connectivity index (χ1) is 17.1. The van der Waals surface area contributed by atoms with E-state index in [-0.39, 0.29) is 5.56 Å². The Bertz CT molecular complexity index is 1680. The Hall–Kier alpha value is -4.46. The van der Waals surface area contributed by atoms with Gasteiger partial charge in [-0.2, -0.15) is 0 Å². The fourth-order valence-corrected chi connectivity index (χ4v) is 3.93. The van der Waals surface area contributed by atoms with Crippen LogP contribution >= 0.6 is 11.6 Å². The summed E-state index contributed by atoms with van der Waals surface area (Å²) in [5.41, 5.74) is 4.87. The second-order valence-corrected chi connectivity index (χ2v) is 8.44. The minimum atomic E-state index is -0.122. The number of para-hydroxylation sites is 1. The molecule has 0 atom stereocenters. The minimum absolute atomic E-state index is 0.122. The molecule has 5 heteroatoms. The molecule has 5 rings (SSSR count). The molecule has 3 aromatic carbocycles. The topological polar surface area (TPSA) is 47.8 Å². The van der Waals surface area contributed by atoms with Gasteiger partial charge < -0.3 is 0 Å². The van der Waals surface area contributed by atoms with Crippen LogP contribution in [0.5, 0.6) is 0 Å². The molecule has 2 aromatic heterocycles. The summed E-state index contributed by atoms with van der Waals surface area (Å²) in [6.07, 6.45) is 7.23. The van der Waals surface area contributed by atoms with Gasteiger partial charge >= 0.3 is 0 Å². The van der Waals surface area contributed by atoms with E-state index in [4.69, 9.17) is 16.6 Å². The molecule has 5 aromatic rings. The van der Waals surface area contributed by atoms with Crippen molar-refractivity contribution in [1.82, 2.24) is 14.5 Å². The lowest BCUT2D eigenvalue weighted by Gasteiger charge is -2.14. The van der Waals surface area contributed by atoms with Gasteiger partial charge in [-0.25, -0.2) is 4.98 Å². The van der Waals surface area contributed by atoms with Crippen LogP contribution in [0.2, 0.25) is 5.02 Å². The molecule has 0 radical (unpaired) electrons. The molecule has 0 aliphatic carbocycles. The number of aromatic nitrogens is 3. The highest BCUT2D eigenvalue weighted by Gasteiger charge is 2.13. The predicted molar refractivity (Wildman–Crippen MR) is 143 cm³/mol. The first-order valence-electron chi connectivity index (χ1n) is 11.1. The van der Waals surface area contributed by atoms with Crippen molar-refractivity contribution in [3.8, 4) is 17.5 Å². The van der Waals surface area contributed by atoms with Crippen LogP contribution in [0.15, 0.2) is 96.1 Å². The molecular weight excluding hydrogens is 454 g/mol. The van der Waals surface area contributed by atoms with Crippen LogP contribution in [0.25, 0.3) is 28.7 Å². The Balaban J connectivity index is 1.61. The summed E-state index contributed by atoms with van der Waals surface area (Å²) in [7, 11) is 0. The molecule has 0 aliphatic heterocycles. The third-order valence-corrected chi connectivity index (χ3v) is 5.80. The fourth-order valence-electron chi connectivity index (χ4n) is 3.80. The lowest BCUT2D eigenvalue weighted by atomic mass is 10.1. The van der Waals surface area contributed by atoms with Crippen LogP contribution in [0.4, 0.5) is 0 Å². The highest BCUT2D eigenvalue weighted by Crippen LogP contribution is 2.20. The van der Waals surface area contributed by atoms with Gasteiger partial charge in [0.25, 0.3) is 5.56 Å². The van der Waals surface area contributed by atoms with Crippen molar-refractivity contribution >= 4 is 34.7 Å². The maximum atomic E-state index is 13.6. The molecule has 0 aliphatic rings. The number of halogens is 1. The van der Waals surface area contributed by atoms with Crippen LogP contribution in [-0.2, 0) is 0 Å². The summed E-state index contributed by atoms with van der Waals surface area (Å²) < 4.78 is 1.66. The number of nitrogens with zero attached hydrogens (tertiary/aromatic N) is 3. The van der Waals surface area contributed by atoms with Crippen LogP contribution < -0.4 is 5.56 Å². The quantitative estimate of drug-likeness (QED) is 0.288. The van der Waals surface area contributed by atoms with E-state index in [2.05, 4.69) is 16.8 Å². The van der Waals surface area contributed by atoms with E-state index in [0.717, 1.165) is 27.9 Å². The Kier molecular flexibility index (Phi) is 6.26. The number of fused-ring (bicyclic) bond motifs is 1. The van der Waals surface area contributed by atoms with Gasteiger partial charge in [0.1, 0.15) is 5.82 Å². The number of pyridine rings is 1. The van der Waals surface area contributed by atoms with Crippen molar-refractivity contribution in [3.05, 3.63) is 135 Å². The van der Waals surface area contributed by atoms with Crippen LogP contribution in [0, 0.1) is 18.8 Å². The summed E-state index contributed by atoms with van der Waals surface area (Å²) in [4.78, 5) is 22.5. The van der Waals surface area contributed by atoms with Gasteiger partial charge in [-0.1, -0.05) is 53.8 Å². The van der Waals surface area contributed by atoms with Gasteiger partial charge in [0, 0.05) is 28.5 Å². The fraction of sp³-hybridized carbons (Fsp3) is 0.0333. The highest BCUT2D eigenvalue weighted by atomic mass is 35.5. The second kappa shape index (κ2) is 9.80. The van der Waals surface area contributed by atoms with Crippen LogP contribution in [0.1, 0.15) is 28.1 Å². The number of hydrogen-bond acceptors (Lipinski definition) is 3. The van der Waals surface area contributed by atoms with E-state index >= 15 is 0 Å². The van der Waals surface area contributed by atoms with Crippen molar-refractivity contribution in [3.63, 3.8) is 0 Å². The molecule has 0 fully saturated rings. The van der Waals surface area contributed by atoms with Crippen molar-refractivity contribution in [2.75, 3.05) is 0 Å². The summed E-state index contributed by atoms with van der Waals surface area (Å²) in [5, 5.41) is 1.24. The van der Waals surface area contributed by atoms with E-state index in [1.807, 2.05) is 91.9 Å². The normalized spacial score (nSPS) is 10.9. The van der Waals surface area contributed by atoms with E-state index in [1.165, 1.54) is 0 Å². The molecule has 0 saturated heterocycles. The van der Waals surface area contributed by atoms with Crippen molar-refractivity contribution < 1.29 is 0 Å². The first kappa shape index (κ1) is 22.3. The summed E-state index contributed by atoms with van der Waals surface area (Å²) >= 11 is 6.01. The highest BCUT2D eigenvalue weighted by molar-refractivity contribution is 6.30. The summed E-state index contributed by atoms with van der Waals surface area (Å²) in [6, 6.07) is 24.5. The van der Waals surface area contributed by atoms with Gasteiger partial charge in [-0.3, -0.25) is 14.3 Å². The Labute approximate surface area is 208 Å². The predicted octanol–water partition coefficient (Wildman–Crippen LogP) is 6.31. The monoisotopic (exact) mass is 473 g/mol. The van der Waals surface area contributed by atoms with Crippen LogP contribution in [-0.4, -0.2) is 14.5 Å². The summed E-state index contributed by atoms with van der Waals surface area (Å²) in [6.45, 7) is 1.97. The van der Waals surface area contributed by atoms with Gasteiger partial charge in [0.2, 0.25) is 0 Å². The average molecular weight is 474 g/mol. The molecular formula is C30H20ClN3O. The van der Waals surface area contributed by atoms with Gasteiger partial charge in [-0.05, 0) is 78.7 Å². The maximum absolute atomic E-state index is 13.6. The van der Waals surface area contributed by atoms with Gasteiger partial charge in [0.05, 0.1) is 16.6 Å². The van der Waals surface area contributed by atoms with E-state index in [1.54, 1.807) is 23.0 Å². The lowest BCUT2D eigenvalue weighted by Crippen LogP contribution is -2.23. The SMILES string of the molecule is Cc1cc(C#Cc2cccnc2)ccc1-n1c(/C=C/c2ccc(Cl)cc2)nc2ccccc2c1=O. The minimum Gasteiger partial charge on any atom is -0.268 e. The Morgan fingerprint density at radius 3 is 2.46 bits per heavy atom. The van der Waals surface area contributed by atoms with Gasteiger partial charge in [0.15, 0.2) is 0 Å². The molecule has 0 unspecified atom stereocenters. The molecule has 168 valence electrons. The first-order valence-corrected chi connectivity index (χ1v) is 11.4. The molecule has 0 amide bonds. The van der Waals surface area contributed by atoms with Crippen LogP contribution in [0.3, 0.4) is 0 Å². The molecule has 4 nitrogen and oxygen atoms in total. The lowest BCUT2D eigenvalue weighted by molar-refractivity contribution is 0.934. The summed E-state index contributed by atoms with van der Waals surface area (Å²) in [5.74, 6) is 6.84. The van der Waals surface area contributed by atoms with Gasteiger partial charge in [-0.15, -0.1) is 0 Å². The third-order valence-electron chi connectivity index (χ3n) is 5.55. The molecule has 0 saturated carbocycles. The zero-order valence-electron chi connectivity index (χ0n) is 18.9. The largest absolute Gasteiger partial charge is 0.268 e. The third kappa shape index (κ3) is 4.91. The second-order valence-electron chi connectivity index (χ2n) is 8.01. The number of hydrogen-bond donors (Lipinski definition) is 0. The Morgan fingerprint density at radius 2 is 1.69 bits per heavy atom. The standard InChI is InChI=1S/C30H20ClN3O/c1-21-19-23(8-9-24-5-4-18-32-20-24)12-16-28(21)34-29(17-13-22-10-14-25(31)15-11-22)33-27-7-3-2-6-26(27)30(34)35/h2-7,10-20H,1H3/b17-13+. The molecule has 0 N–H and O–H groups in total. The molecule has 2 heterocycles. The van der Waals surface area contributed by atoms with E-state index < -0.39 is 0 Å². The smallest absolute Gasteiger partial charge is 0.266 e. The number of rotatable bonds is 3. The van der Waals surface area contributed by atoms with E-state index in [0.29, 0.717) is 21.7 Å². The number of benzene rings is 3. The van der Waals surface area contributed by atoms with Crippen molar-refractivity contribution in [2.45, 2.75) is 6.92 Å². The van der Waals surface area contributed by atoms with Crippen molar-refractivity contribution in [2.24, 2.45) is 0 Å². The zero-order chi connectivity index (χ0) is 24.2. The zero-order valence-corrected chi connectivity index (χ0v) is 19.7. The molecule has 0 bridgehead atoms. The maximum Gasteiger partial charge on any atom is 0.266 e. The average Bonchev–Trinajstić information content (AvgIpc) is 2.88. The van der Waals surface area contributed by atoms with Crippen molar-refractivity contribution in [1.29, 1.82) is 0 Å². The molecule has 35 heavy (non-hydrogen) atoms. The Morgan fingerprint density at radius 1 is 0.886 bits per heavy atom.